The van der Waals surface area contributed by atoms with Crippen LogP contribution in [0.2, 0.25) is 0 Å². The molecule has 10 heteroatoms. The van der Waals surface area contributed by atoms with Crippen LogP contribution in [-0.2, 0) is 4.74 Å². The lowest BCUT2D eigenvalue weighted by atomic mass is 9.91. The van der Waals surface area contributed by atoms with Gasteiger partial charge in [-0.2, -0.15) is 0 Å². The summed E-state index contributed by atoms with van der Waals surface area (Å²) in [5, 5.41) is 6.20. The van der Waals surface area contributed by atoms with Crippen LogP contribution < -0.4 is 21.3 Å². The second kappa shape index (κ2) is 13.1. The zero-order valence-electron chi connectivity index (χ0n) is 23.0. The monoisotopic (exact) mass is 548 g/mol. The Bertz CT molecular complexity index is 1180. The van der Waals surface area contributed by atoms with Crippen molar-refractivity contribution in [2.45, 2.75) is 44.2 Å². The molecule has 2 aromatic carbocycles. The summed E-state index contributed by atoms with van der Waals surface area (Å²) >= 11 is 0. The summed E-state index contributed by atoms with van der Waals surface area (Å²) in [6.45, 7) is 4.98. The maximum atomic E-state index is 13.2. The molecule has 40 heavy (non-hydrogen) atoms. The molecule has 214 valence electrons. The molecule has 3 fully saturated rings. The van der Waals surface area contributed by atoms with Gasteiger partial charge in [0, 0.05) is 62.5 Å². The minimum Gasteiger partial charge on any atom is -0.378 e. The number of anilines is 2. The highest BCUT2D eigenvalue weighted by molar-refractivity contribution is 6.07. The van der Waals surface area contributed by atoms with Crippen LogP contribution in [0.5, 0.6) is 0 Å². The van der Waals surface area contributed by atoms with E-state index in [2.05, 4.69) is 15.5 Å². The summed E-state index contributed by atoms with van der Waals surface area (Å²) in [6, 6.07) is 14.9. The number of hydrogen-bond acceptors (Lipinski definition) is 6. The van der Waals surface area contributed by atoms with E-state index < -0.39 is 0 Å². The van der Waals surface area contributed by atoms with Crippen molar-refractivity contribution in [1.29, 1.82) is 0 Å². The van der Waals surface area contributed by atoms with Gasteiger partial charge in [0.1, 0.15) is 0 Å². The molecule has 0 radical (unpaired) electrons. The van der Waals surface area contributed by atoms with Gasteiger partial charge in [0.25, 0.3) is 11.8 Å². The van der Waals surface area contributed by atoms with E-state index in [1.807, 2.05) is 40.1 Å². The summed E-state index contributed by atoms with van der Waals surface area (Å²) in [5.41, 5.74) is 8.49. The highest BCUT2D eigenvalue weighted by Gasteiger charge is 2.27. The molecule has 2 saturated heterocycles. The van der Waals surface area contributed by atoms with Crippen LogP contribution in [0.25, 0.3) is 0 Å². The van der Waals surface area contributed by atoms with E-state index in [0.29, 0.717) is 62.8 Å². The van der Waals surface area contributed by atoms with Crippen LogP contribution in [0, 0.1) is 0 Å². The number of hydrogen-bond donors (Lipinski definition) is 3. The predicted octanol–water partition coefficient (Wildman–Crippen LogP) is 2.90. The van der Waals surface area contributed by atoms with E-state index in [4.69, 9.17) is 10.5 Å². The number of nitrogens with one attached hydrogen (secondary N) is 2. The molecule has 2 aromatic rings. The fourth-order valence-corrected chi connectivity index (χ4v) is 5.67. The lowest BCUT2D eigenvalue weighted by Crippen LogP contribution is -2.49. The Labute approximate surface area is 235 Å². The molecule has 2 aliphatic heterocycles. The number of nitrogens with zero attached hydrogens (tertiary/aromatic N) is 3. The van der Waals surface area contributed by atoms with Crippen molar-refractivity contribution in [2.75, 3.05) is 62.7 Å². The van der Waals surface area contributed by atoms with Crippen LogP contribution in [0.3, 0.4) is 0 Å². The Kier molecular flexibility index (Phi) is 9.18. The number of amides is 4. The summed E-state index contributed by atoms with van der Waals surface area (Å²) in [4.78, 5) is 45.4. The molecule has 3 aliphatic rings. The lowest BCUT2D eigenvalue weighted by molar-refractivity contribution is 0.0438. The first-order valence-electron chi connectivity index (χ1n) is 14.4. The van der Waals surface area contributed by atoms with Gasteiger partial charge in [-0.05, 0) is 62.4 Å². The van der Waals surface area contributed by atoms with Crippen molar-refractivity contribution in [1.82, 2.24) is 15.1 Å². The zero-order valence-corrected chi connectivity index (χ0v) is 23.0. The van der Waals surface area contributed by atoms with Crippen molar-refractivity contribution < 1.29 is 19.1 Å². The molecular formula is C30H40N6O4. The number of nitrogens with two attached hydrogens (primary N) is 1. The number of rotatable bonds is 5. The fraction of sp³-hybridized carbons (Fsp3) is 0.500. The third-order valence-electron chi connectivity index (χ3n) is 8.04. The maximum absolute atomic E-state index is 13.2. The second-order valence-corrected chi connectivity index (χ2v) is 10.8. The van der Waals surface area contributed by atoms with E-state index in [1.165, 1.54) is 0 Å². The van der Waals surface area contributed by atoms with Crippen LogP contribution in [0.1, 0.15) is 52.8 Å². The third-order valence-corrected chi connectivity index (χ3v) is 8.04. The molecule has 4 amide bonds. The Hall–Kier alpha value is -3.63. The van der Waals surface area contributed by atoms with Crippen LogP contribution in [-0.4, -0.2) is 92.2 Å². The smallest absolute Gasteiger partial charge is 0.320 e. The van der Waals surface area contributed by atoms with Gasteiger partial charge >= 0.3 is 6.03 Å². The first-order chi connectivity index (χ1) is 19.5. The molecule has 0 unspecified atom stereocenters. The van der Waals surface area contributed by atoms with E-state index >= 15 is 0 Å². The molecule has 4 N–H and O–H groups in total. The Morgan fingerprint density at radius 3 is 2.25 bits per heavy atom. The maximum Gasteiger partial charge on any atom is 0.320 e. The van der Waals surface area contributed by atoms with Crippen molar-refractivity contribution in [3.05, 3.63) is 59.7 Å². The Morgan fingerprint density at radius 2 is 1.50 bits per heavy atom. The van der Waals surface area contributed by atoms with E-state index in [0.717, 1.165) is 44.3 Å². The Balaban J connectivity index is 1.33. The number of ether oxygens (including phenoxy) is 1. The number of urea groups is 1. The minimum absolute atomic E-state index is 0.0541. The molecule has 0 atom stereocenters. The molecule has 0 spiro atoms. The second-order valence-electron chi connectivity index (χ2n) is 10.8. The van der Waals surface area contributed by atoms with Crippen LogP contribution >= 0.6 is 0 Å². The zero-order chi connectivity index (χ0) is 27.9. The summed E-state index contributed by atoms with van der Waals surface area (Å²) in [7, 11) is 0. The standard InChI is InChI=1S/C30H40N6O4/c31-24-8-10-25(11-9-24)32-29(38)23-7-12-27(26(21-23)33-28(37)22-5-2-1-3-6-22)34-13-4-14-35(16-15-34)30(39)36-17-19-40-20-18-36/h1-3,5-7,12,21,24-25H,4,8-11,13-20,31H2,(H,32,38)(H,33,37). The summed E-state index contributed by atoms with van der Waals surface area (Å²) in [5.74, 6) is -0.389. The first-order valence-corrected chi connectivity index (χ1v) is 14.4. The average molecular weight is 549 g/mol. The number of benzene rings is 2. The average Bonchev–Trinajstić information content (AvgIpc) is 3.25. The topological polar surface area (TPSA) is 120 Å². The lowest BCUT2D eigenvalue weighted by Gasteiger charge is -2.32. The van der Waals surface area contributed by atoms with Gasteiger partial charge in [-0.3, -0.25) is 9.59 Å². The van der Waals surface area contributed by atoms with Gasteiger partial charge in [-0.15, -0.1) is 0 Å². The van der Waals surface area contributed by atoms with E-state index in [-0.39, 0.29) is 29.9 Å². The van der Waals surface area contributed by atoms with Gasteiger partial charge in [0.05, 0.1) is 24.6 Å². The van der Waals surface area contributed by atoms with Crippen LogP contribution in [0.4, 0.5) is 16.2 Å². The van der Waals surface area contributed by atoms with Gasteiger partial charge in [-0.1, -0.05) is 18.2 Å². The predicted molar refractivity (Wildman–Crippen MR) is 155 cm³/mol. The molecule has 0 aromatic heterocycles. The summed E-state index contributed by atoms with van der Waals surface area (Å²) < 4.78 is 5.40. The highest BCUT2D eigenvalue weighted by Crippen LogP contribution is 2.30. The van der Waals surface area contributed by atoms with Crippen LogP contribution in [0.15, 0.2) is 48.5 Å². The molecule has 1 saturated carbocycles. The van der Waals surface area contributed by atoms with Gasteiger partial charge in [-0.25, -0.2) is 4.79 Å². The largest absolute Gasteiger partial charge is 0.378 e. The van der Waals surface area contributed by atoms with Crippen molar-refractivity contribution in [3.8, 4) is 0 Å². The Morgan fingerprint density at radius 1 is 0.775 bits per heavy atom. The molecule has 10 nitrogen and oxygen atoms in total. The summed E-state index contributed by atoms with van der Waals surface area (Å²) in [6.07, 6.45) is 4.35. The molecule has 0 bridgehead atoms. The van der Waals surface area contributed by atoms with Gasteiger partial charge < -0.3 is 35.8 Å². The van der Waals surface area contributed by atoms with Gasteiger partial charge in [0.2, 0.25) is 0 Å². The normalized spacial score (nSPS) is 21.9. The quantitative estimate of drug-likeness (QED) is 0.529. The number of carbonyl (C=O) groups is 3. The van der Waals surface area contributed by atoms with E-state index in [1.54, 1.807) is 18.2 Å². The molecular weight excluding hydrogens is 508 g/mol. The fourth-order valence-electron chi connectivity index (χ4n) is 5.67. The molecule has 1 aliphatic carbocycles. The van der Waals surface area contributed by atoms with Crippen molar-refractivity contribution >= 4 is 29.2 Å². The SMILES string of the molecule is NC1CCC(NC(=O)c2ccc(N3CCCN(C(=O)N4CCOCC4)CC3)c(NC(=O)c3ccccc3)c2)CC1. The molecule has 2 heterocycles. The van der Waals surface area contributed by atoms with Gasteiger partial charge in [0.15, 0.2) is 0 Å². The van der Waals surface area contributed by atoms with E-state index in [9.17, 15) is 14.4 Å². The van der Waals surface area contributed by atoms with Crippen molar-refractivity contribution in [3.63, 3.8) is 0 Å². The minimum atomic E-state index is -0.236. The first kappa shape index (κ1) is 27.9. The number of morpholine rings is 1. The highest BCUT2D eigenvalue weighted by atomic mass is 16.5. The molecule has 5 rings (SSSR count). The number of carbonyl (C=O) groups excluding carboxylic acids is 3. The van der Waals surface area contributed by atoms with Crippen molar-refractivity contribution in [2.24, 2.45) is 5.73 Å². The third kappa shape index (κ3) is 6.92.